The van der Waals surface area contributed by atoms with E-state index in [0.29, 0.717) is 78.4 Å². The average Bonchev–Trinajstić information content (AvgIpc) is 3.41. The van der Waals surface area contributed by atoms with E-state index in [-0.39, 0.29) is 54.9 Å². The summed E-state index contributed by atoms with van der Waals surface area (Å²) >= 11 is 0. The predicted molar refractivity (Wildman–Crippen MR) is 258 cm³/mol. The van der Waals surface area contributed by atoms with E-state index in [0.717, 1.165) is 27.8 Å². The minimum absolute atomic E-state index is 0.226. The monoisotopic (exact) mass is 906 g/mol. The van der Waals surface area contributed by atoms with Crippen molar-refractivity contribution < 1.29 is 42.6 Å². The van der Waals surface area contributed by atoms with Crippen LogP contribution in [-0.4, -0.2) is 79.9 Å². The van der Waals surface area contributed by atoms with Crippen LogP contribution in [0.1, 0.15) is 66.8 Å². The van der Waals surface area contributed by atoms with E-state index in [2.05, 4.69) is 91.9 Å². The summed E-state index contributed by atoms with van der Waals surface area (Å²) in [5, 5.41) is 0. The van der Waals surface area contributed by atoms with E-state index in [1.165, 1.54) is 0 Å². The van der Waals surface area contributed by atoms with Gasteiger partial charge in [0.05, 0.1) is 89.0 Å². The Morgan fingerprint density at radius 3 is 1.48 bits per heavy atom. The van der Waals surface area contributed by atoms with Crippen molar-refractivity contribution in [2.24, 2.45) is 0 Å². The first kappa shape index (κ1) is 47.3. The van der Waals surface area contributed by atoms with Crippen molar-refractivity contribution in [2.45, 2.75) is 139 Å². The Kier molecular flexibility index (Phi) is 16.9. The highest BCUT2D eigenvalue weighted by Crippen LogP contribution is 2.44. The SMILES string of the molecule is C[C@@]12O[C@H](COCc3ccccc3)[C@@H](OCc3ccccc3)C[C@H]1O[C@H]1C/C=C\C[C@H]3O[C@@H](COCc4ccccc4)[C@H](OCc4ccccc4)C/C=C\[C@@H]3O[C@@H]1C[C@H]2OCc1ccccc1. The Labute approximate surface area is 396 Å². The van der Waals surface area contributed by atoms with Crippen LogP contribution in [0.4, 0.5) is 0 Å². The van der Waals surface area contributed by atoms with Gasteiger partial charge >= 0.3 is 0 Å². The zero-order chi connectivity index (χ0) is 45.5. The minimum Gasteiger partial charge on any atom is -0.374 e. The second-order valence-electron chi connectivity index (χ2n) is 18.4. The predicted octanol–water partition coefficient (Wildman–Crippen LogP) is 10.7. The molecule has 11 atom stereocenters. The first-order valence-corrected chi connectivity index (χ1v) is 24.2. The molecule has 0 bridgehead atoms. The standard InChI is InChI=1S/C58H66O9/c1-58-56(63-40-47-28-15-6-16-29-47)35-53-51(66-57(58)34-52(62-39-46-26-13-5-14-27-46)55(67-58)42-60-37-44-22-9-3-10-23-44)31-18-17-30-49-50(64-53)33-19-32-48(61-38-45-24-11-4-12-25-45)54(65-49)41-59-36-43-20-7-2-8-21-43/h2-29,33,48-57H,30-32,34-42H2,1H3/b18-17-,33-19-/t48-,49-,50+,51+,52+,53-,54+,55-,56-,57-,58+/m1/s1. The van der Waals surface area contributed by atoms with Gasteiger partial charge in [-0.3, -0.25) is 0 Å². The quantitative estimate of drug-likeness (QED) is 0.0847. The van der Waals surface area contributed by atoms with Crippen LogP contribution in [0.25, 0.3) is 0 Å². The molecule has 2 saturated heterocycles. The lowest BCUT2D eigenvalue weighted by molar-refractivity contribution is -0.284. The zero-order valence-electron chi connectivity index (χ0n) is 38.7. The molecule has 0 N–H and O–H groups in total. The molecule has 5 aromatic carbocycles. The summed E-state index contributed by atoms with van der Waals surface area (Å²) in [5.74, 6) is 0. The molecule has 4 aliphatic heterocycles. The van der Waals surface area contributed by atoms with Gasteiger partial charge in [0, 0.05) is 12.8 Å². The molecule has 4 heterocycles. The van der Waals surface area contributed by atoms with Crippen LogP contribution in [0.5, 0.6) is 0 Å². The van der Waals surface area contributed by atoms with E-state index in [9.17, 15) is 0 Å². The molecule has 2 fully saturated rings. The Morgan fingerprint density at radius 2 is 0.925 bits per heavy atom. The average molecular weight is 907 g/mol. The molecule has 0 aromatic heterocycles. The molecule has 0 unspecified atom stereocenters. The topological polar surface area (TPSA) is 83.1 Å². The number of benzene rings is 5. The van der Waals surface area contributed by atoms with Gasteiger partial charge in [-0.05, 0) is 54.0 Å². The van der Waals surface area contributed by atoms with Gasteiger partial charge in [0.1, 0.15) is 23.9 Å². The zero-order valence-corrected chi connectivity index (χ0v) is 38.7. The number of hydrogen-bond acceptors (Lipinski definition) is 9. The third kappa shape index (κ3) is 13.1. The van der Waals surface area contributed by atoms with Crippen molar-refractivity contribution >= 4 is 0 Å². The molecule has 0 spiro atoms. The highest BCUT2D eigenvalue weighted by atomic mass is 16.6. The summed E-state index contributed by atoms with van der Waals surface area (Å²) in [5.41, 5.74) is 4.67. The van der Waals surface area contributed by atoms with Crippen LogP contribution in [0.15, 0.2) is 176 Å². The van der Waals surface area contributed by atoms with Crippen molar-refractivity contribution in [3.63, 3.8) is 0 Å². The molecule has 0 amide bonds. The maximum Gasteiger partial charge on any atom is 0.118 e. The third-order valence-electron chi connectivity index (χ3n) is 13.5. The van der Waals surface area contributed by atoms with Crippen LogP contribution in [0.3, 0.4) is 0 Å². The number of ether oxygens (including phenoxy) is 9. The molecule has 9 nitrogen and oxygen atoms in total. The molecule has 9 rings (SSSR count). The van der Waals surface area contributed by atoms with Gasteiger partial charge < -0.3 is 42.6 Å². The van der Waals surface area contributed by atoms with Gasteiger partial charge in [-0.15, -0.1) is 0 Å². The lowest BCUT2D eigenvalue weighted by Gasteiger charge is -2.50. The fourth-order valence-corrected chi connectivity index (χ4v) is 9.72. The van der Waals surface area contributed by atoms with E-state index in [4.69, 9.17) is 42.6 Å². The van der Waals surface area contributed by atoms with Crippen molar-refractivity contribution in [1.29, 1.82) is 0 Å². The van der Waals surface area contributed by atoms with Crippen molar-refractivity contribution in [2.75, 3.05) is 13.2 Å². The molecule has 0 saturated carbocycles. The molecule has 0 radical (unpaired) electrons. The molecule has 67 heavy (non-hydrogen) atoms. The van der Waals surface area contributed by atoms with Crippen molar-refractivity contribution in [3.05, 3.63) is 204 Å². The molecular weight excluding hydrogens is 841 g/mol. The number of hydrogen-bond donors (Lipinski definition) is 0. The number of rotatable bonds is 17. The van der Waals surface area contributed by atoms with Gasteiger partial charge in [0.2, 0.25) is 0 Å². The summed E-state index contributed by atoms with van der Waals surface area (Å²) in [4.78, 5) is 0. The van der Waals surface area contributed by atoms with E-state index in [1.807, 2.05) is 91.0 Å². The second-order valence-corrected chi connectivity index (χ2v) is 18.4. The Bertz CT molecular complexity index is 2240. The van der Waals surface area contributed by atoms with E-state index < -0.39 is 11.7 Å². The van der Waals surface area contributed by atoms with Crippen LogP contribution in [0.2, 0.25) is 0 Å². The largest absolute Gasteiger partial charge is 0.374 e. The molecule has 5 aromatic rings. The van der Waals surface area contributed by atoms with Gasteiger partial charge in [-0.2, -0.15) is 0 Å². The smallest absolute Gasteiger partial charge is 0.118 e. The Hall–Kier alpha value is -4.78. The summed E-state index contributed by atoms with van der Waals surface area (Å²) < 4.78 is 62.5. The fraction of sp³-hybridized carbons (Fsp3) is 0.414. The summed E-state index contributed by atoms with van der Waals surface area (Å²) in [6, 6.07) is 51.4. The van der Waals surface area contributed by atoms with Gasteiger partial charge in [0.25, 0.3) is 0 Å². The summed E-state index contributed by atoms with van der Waals surface area (Å²) in [6.07, 6.45) is 8.68. The van der Waals surface area contributed by atoms with Gasteiger partial charge in [0.15, 0.2) is 0 Å². The fourth-order valence-electron chi connectivity index (χ4n) is 9.72. The highest BCUT2D eigenvalue weighted by molar-refractivity contribution is 5.18. The highest BCUT2D eigenvalue weighted by Gasteiger charge is 2.56. The van der Waals surface area contributed by atoms with Crippen LogP contribution < -0.4 is 0 Å². The summed E-state index contributed by atoms with van der Waals surface area (Å²) in [6.45, 7) is 5.19. The maximum absolute atomic E-state index is 7.34. The van der Waals surface area contributed by atoms with E-state index >= 15 is 0 Å². The van der Waals surface area contributed by atoms with Crippen LogP contribution >= 0.6 is 0 Å². The molecule has 9 heteroatoms. The van der Waals surface area contributed by atoms with Crippen molar-refractivity contribution in [3.8, 4) is 0 Å². The van der Waals surface area contributed by atoms with E-state index in [1.54, 1.807) is 0 Å². The lowest BCUT2D eigenvalue weighted by atomic mass is 9.82. The first-order valence-electron chi connectivity index (χ1n) is 24.2. The van der Waals surface area contributed by atoms with Crippen LogP contribution in [-0.2, 0) is 75.7 Å². The normalized spacial score (nSPS) is 30.6. The van der Waals surface area contributed by atoms with Gasteiger partial charge in [-0.25, -0.2) is 0 Å². The number of fused-ring (bicyclic) bond motifs is 3. The second kappa shape index (κ2) is 24.0. The van der Waals surface area contributed by atoms with Crippen LogP contribution in [0, 0.1) is 0 Å². The molecular formula is C58H66O9. The molecule has 0 aliphatic carbocycles. The minimum atomic E-state index is -0.858. The molecule has 352 valence electrons. The molecule has 4 aliphatic rings. The summed E-state index contributed by atoms with van der Waals surface area (Å²) in [7, 11) is 0. The maximum atomic E-state index is 7.34. The third-order valence-corrected chi connectivity index (χ3v) is 13.5. The lowest BCUT2D eigenvalue weighted by Crippen LogP contribution is -2.62. The van der Waals surface area contributed by atoms with Crippen molar-refractivity contribution in [1.82, 2.24) is 0 Å². The Balaban J connectivity index is 0.975. The Morgan fingerprint density at radius 1 is 0.448 bits per heavy atom. The first-order chi connectivity index (χ1) is 33.1. The van der Waals surface area contributed by atoms with Gasteiger partial charge in [-0.1, -0.05) is 176 Å².